The van der Waals surface area contributed by atoms with Crippen molar-refractivity contribution in [1.82, 2.24) is 19.5 Å². The summed E-state index contributed by atoms with van der Waals surface area (Å²) in [7, 11) is 0. The predicted octanol–water partition coefficient (Wildman–Crippen LogP) is 2.35. The maximum Gasteiger partial charge on any atom is 0.262 e. The highest BCUT2D eigenvalue weighted by molar-refractivity contribution is 5.80. The number of imidazole rings is 1. The van der Waals surface area contributed by atoms with Crippen molar-refractivity contribution in [1.29, 1.82) is 0 Å². The smallest absolute Gasteiger partial charge is 0.262 e. The maximum absolute atomic E-state index is 12.7. The lowest BCUT2D eigenvalue weighted by Crippen LogP contribution is -2.25. The van der Waals surface area contributed by atoms with Crippen LogP contribution in [0.1, 0.15) is 30.0 Å². The summed E-state index contributed by atoms with van der Waals surface area (Å²) in [5, 5.41) is 0.671. The van der Waals surface area contributed by atoms with Crippen molar-refractivity contribution in [2.75, 3.05) is 0 Å². The van der Waals surface area contributed by atoms with E-state index in [1.807, 2.05) is 39.0 Å². The number of nitrogens with one attached hydrogen (secondary N) is 1. The zero-order chi connectivity index (χ0) is 14.3. The van der Waals surface area contributed by atoms with Crippen LogP contribution in [-0.4, -0.2) is 19.5 Å². The van der Waals surface area contributed by atoms with Crippen LogP contribution in [0.5, 0.6) is 0 Å². The van der Waals surface area contributed by atoms with Gasteiger partial charge in [-0.15, -0.1) is 0 Å². The molecule has 0 saturated heterocycles. The molecule has 1 N–H and O–H groups in total. The summed E-state index contributed by atoms with van der Waals surface area (Å²) >= 11 is 0. The highest BCUT2D eigenvalue weighted by atomic mass is 16.1. The van der Waals surface area contributed by atoms with Crippen LogP contribution in [0.25, 0.3) is 10.9 Å². The van der Waals surface area contributed by atoms with Crippen molar-refractivity contribution in [2.45, 2.75) is 26.8 Å². The monoisotopic (exact) mass is 268 g/mol. The molecule has 0 radical (unpaired) electrons. The molecule has 1 unspecified atom stereocenters. The third kappa shape index (κ3) is 1.91. The van der Waals surface area contributed by atoms with Crippen LogP contribution in [0, 0.1) is 13.8 Å². The van der Waals surface area contributed by atoms with Crippen LogP contribution < -0.4 is 5.56 Å². The zero-order valence-electron chi connectivity index (χ0n) is 11.7. The van der Waals surface area contributed by atoms with Crippen LogP contribution in [0.2, 0.25) is 0 Å². The number of benzene rings is 1. The Labute approximate surface area is 116 Å². The van der Waals surface area contributed by atoms with Crippen LogP contribution in [-0.2, 0) is 0 Å². The van der Waals surface area contributed by atoms with Gasteiger partial charge >= 0.3 is 0 Å². The first-order valence-corrected chi connectivity index (χ1v) is 6.56. The molecule has 0 amide bonds. The summed E-state index contributed by atoms with van der Waals surface area (Å²) < 4.78 is 1.62. The van der Waals surface area contributed by atoms with Crippen molar-refractivity contribution in [3.05, 3.63) is 58.2 Å². The molecular formula is C15H16N4O. The molecule has 3 rings (SSSR count). The van der Waals surface area contributed by atoms with Gasteiger partial charge in [-0.2, -0.15) is 0 Å². The average Bonchev–Trinajstić information content (AvgIpc) is 2.85. The normalized spacial score (nSPS) is 12.8. The number of H-pyrrole nitrogens is 1. The lowest BCUT2D eigenvalue weighted by Gasteiger charge is -2.13. The second-order valence-corrected chi connectivity index (χ2v) is 5.05. The average molecular weight is 268 g/mol. The number of hydrogen-bond acceptors (Lipinski definition) is 3. The third-order valence-corrected chi connectivity index (χ3v) is 3.56. The fourth-order valence-corrected chi connectivity index (χ4v) is 2.40. The van der Waals surface area contributed by atoms with Gasteiger partial charge in [0.05, 0.1) is 23.3 Å². The second-order valence-electron chi connectivity index (χ2n) is 5.05. The molecule has 20 heavy (non-hydrogen) atoms. The van der Waals surface area contributed by atoms with E-state index in [-0.39, 0.29) is 11.6 Å². The molecule has 102 valence electrons. The van der Waals surface area contributed by atoms with Crippen molar-refractivity contribution in [3.63, 3.8) is 0 Å². The van der Waals surface area contributed by atoms with Crippen molar-refractivity contribution < 1.29 is 0 Å². The SMILES string of the molecule is Cc1cnc(C(C)n2cnc3cccc(C)c3c2=O)[nH]1. The van der Waals surface area contributed by atoms with Gasteiger partial charge in [-0.25, -0.2) is 9.97 Å². The van der Waals surface area contributed by atoms with Gasteiger partial charge in [0, 0.05) is 11.9 Å². The zero-order valence-corrected chi connectivity index (χ0v) is 11.7. The molecule has 0 aliphatic rings. The van der Waals surface area contributed by atoms with Gasteiger partial charge in [0.2, 0.25) is 0 Å². The molecule has 0 saturated carbocycles. The van der Waals surface area contributed by atoms with E-state index in [9.17, 15) is 4.79 Å². The molecule has 0 aliphatic heterocycles. The van der Waals surface area contributed by atoms with Gasteiger partial charge in [-0.1, -0.05) is 12.1 Å². The Bertz CT molecular complexity index is 831. The first-order valence-electron chi connectivity index (χ1n) is 6.56. The third-order valence-electron chi connectivity index (χ3n) is 3.56. The molecule has 1 atom stereocenters. The van der Waals surface area contributed by atoms with Gasteiger partial charge in [0.1, 0.15) is 5.82 Å². The fourth-order valence-electron chi connectivity index (χ4n) is 2.40. The molecule has 1 aromatic carbocycles. The molecule has 2 heterocycles. The Kier molecular flexibility index (Phi) is 2.89. The highest BCUT2D eigenvalue weighted by Crippen LogP contribution is 2.16. The van der Waals surface area contributed by atoms with Crippen LogP contribution in [0.15, 0.2) is 35.5 Å². The lowest BCUT2D eigenvalue weighted by molar-refractivity contribution is 0.580. The largest absolute Gasteiger partial charge is 0.344 e. The number of aryl methyl sites for hydroxylation is 2. The van der Waals surface area contributed by atoms with E-state index in [0.29, 0.717) is 5.39 Å². The standard InChI is InChI=1S/C15H16N4O/c1-9-5-4-6-12-13(9)15(20)19(8-17-12)11(3)14-16-7-10(2)18-14/h4-8,11H,1-3H3,(H,16,18). The number of nitrogens with zero attached hydrogens (tertiary/aromatic N) is 3. The number of aromatic nitrogens is 4. The Morgan fingerprint density at radius 3 is 2.75 bits per heavy atom. The van der Waals surface area contributed by atoms with Crippen LogP contribution in [0.4, 0.5) is 0 Å². The fraction of sp³-hybridized carbons (Fsp3) is 0.267. The van der Waals surface area contributed by atoms with Crippen molar-refractivity contribution in [2.24, 2.45) is 0 Å². The Hall–Kier alpha value is -2.43. The number of fused-ring (bicyclic) bond motifs is 1. The molecule has 3 aromatic rings. The van der Waals surface area contributed by atoms with E-state index in [2.05, 4.69) is 15.0 Å². The Balaban J connectivity index is 2.20. The highest BCUT2D eigenvalue weighted by Gasteiger charge is 2.15. The van der Waals surface area contributed by atoms with Gasteiger partial charge in [0.25, 0.3) is 5.56 Å². The molecule has 0 bridgehead atoms. The number of aromatic amines is 1. The minimum absolute atomic E-state index is 0.0327. The van der Waals surface area contributed by atoms with E-state index < -0.39 is 0 Å². The molecule has 0 fully saturated rings. The lowest BCUT2D eigenvalue weighted by atomic mass is 10.1. The molecular weight excluding hydrogens is 252 g/mol. The van der Waals surface area contributed by atoms with E-state index in [1.54, 1.807) is 17.1 Å². The molecule has 2 aromatic heterocycles. The van der Waals surface area contributed by atoms with Gasteiger partial charge in [-0.05, 0) is 32.4 Å². The molecule has 0 aliphatic carbocycles. The topological polar surface area (TPSA) is 63.6 Å². The molecule has 5 heteroatoms. The van der Waals surface area contributed by atoms with E-state index >= 15 is 0 Å². The first kappa shape index (κ1) is 12.6. The van der Waals surface area contributed by atoms with E-state index in [1.165, 1.54) is 0 Å². The van der Waals surface area contributed by atoms with Crippen molar-refractivity contribution in [3.8, 4) is 0 Å². The van der Waals surface area contributed by atoms with Crippen molar-refractivity contribution >= 4 is 10.9 Å². The van der Waals surface area contributed by atoms with E-state index in [4.69, 9.17) is 0 Å². The van der Waals surface area contributed by atoms with Gasteiger partial charge in [-0.3, -0.25) is 9.36 Å². The summed E-state index contributed by atoms with van der Waals surface area (Å²) in [6.45, 7) is 5.80. The molecule has 5 nitrogen and oxygen atoms in total. The minimum atomic E-state index is -0.173. The minimum Gasteiger partial charge on any atom is -0.344 e. The van der Waals surface area contributed by atoms with Gasteiger partial charge in [0.15, 0.2) is 0 Å². The van der Waals surface area contributed by atoms with Crippen LogP contribution >= 0.6 is 0 Å². The number of hydrogen-bond donors (Lipinski definition) is 1. The maximum atomic E-state index is 12.7. The Morgan fingerprint density at radius 1 is 1.25 bits per heavy atom. The first-order chi connectivity index (χ1) is 9.58. The summed E-state index contributed by atoms with van der Waals surface area (Å²) in [5.41, 5.74) is 2.62. The summed E-state index contributed by atoms with van der Waals surface area (Å²) in [5.74, 6) is 0.763. The Morgan fingerprint density at radius 2 is 2.05 bits per heavy atom. The summed E-state index contributed by atoms with van der Waals surface area (Å²) in [6, 6.07) is 5.52. The predicted molar refractivity (Wildman–Crippen MR) is 77.9 cm³/mol. The summed E-state index contributed by atoms with van der Waals surface area (Å²) in [6.07, 6.45) is 3.35. The number of rotatable bonds is 2. The summed E-state index contributed by atoms with van der Waals surface area (Å²) in [4.78, 5) is 24.5. The van der Waals surface area contributed by atoms with E-state index in [0.717, 1.165) is 22.6 Å². The molecule has 0 spiro atoms. The van der Waals surface area contributed by atoms with Gasteiger partial charge < -0.3 is 4.98 Å². The second kappa shape index (κ2) is 4.59. The van der Waals surface area contributed by atoms with Crippen LogP contribution in [0.3, 0.4) is 0 Å². The quantitative estimate of drug-likeness (QED) is 0.776.